The molecular weight excluding hydrogens is 290 g/mol. The van der Waals surface area contributed by atoms with Crippen LogP contribution in [0.4, 0.5) is 0 Å². The fourth-order valence-electron chi connectivity index (χ4n) is 1.79. The molecule has 0 bridgehead atoms. The molecule has 1 N–H and O–H groups in total. The summed E-state index contributed by atoms with van der Waals surface area (Å²) >= 11 is 1.49. The summed E-state index contributed by atoms with van der Waals surface area (Å²) in [5, 5.41) is 12.6. The second kappa shape index (κ2) is 5.49. The molecule has 0 aliphatic heterocycles. The van der Waals surface area contributed by atoms with Crippen LogP contribution in [0.3, 0.4) is 0 Å². The van der Waals surface area contributed by atoms with Crippen molar-refractivity contribution in [2.24, 2.45) is 7.05 Å². The zero-order valence-corrected chi connectivity index (χ0v) is 12.3. The van der Waals surface area contributed by atoms with Crippen molar-refractivity contribution >= 4 is 17.2 Å². The van der Waals surface area contributed by atoms with E-state index in [2.05, 4.69) is 20.6 Å². The number of carbonyl (C=O) groups excluding carboxylic acids is 1. The zero-order chi connectivity index (χ0) is 14.8. The molecule has 0 aromatic carbocycles. The van der Waals surface area contributed by atoms with Crippen LogP contribution in [0, 0.1) is 6.92 Å². The summed E-state index contributed by atoms with van der Waals surface area (Å²) in [4.78, 5) is 16.9. The molecule has 0 fully saturated rings. The van der Waals surface area contributed by atoms with E-state index in [1.54, 1.807) is 10.9 Å². The second-order valence-corrected chi connectivity index (χ2v) is 5.41. The first-order valence-corrected chi connectivity index (χ1v) is 7.16. The van der Waals surface area contributed by atoms with Gasteiger partial charge in [-0.25, -0.2) is 0 Å². The molecule has 0 saturated heterocycles. The lowest BCUT2D eigenvalue weighted by atomic mass is 10.2. The van der Waals surface area contributed by atoms with Crippen LogP contribution in [-0.2, 0) is 13.6 Å². The lowest BCUT2D eigenvalue weighted by Gasteiger charge is -2.01. The second-order valence-electron chi connectivity index (χ2n) is 4.46. The first-order valence-electron chi connectivity index (χ1n) is 6.28. The summed E-state index contributed by atoms with van der Waals surface area (Å²) < 4.78 is 6.74. The SMILES string of the molecule is Cc1c(CNC(=O)c2nc(-c3cccs3)no2)cnn1C. The normalized spacial score (nSPS) is 10.8. The maximum Gasteiger partial charge on any atom is 0.316 e. The summed E-state index contributed by atoms with van der Waals surface area (Å²) in [7, 11) is 1.85. The maximum absolute atomic E-state index is 12.0. The number of aryl methyl sites for hydroxylation is 1. The van der Waals surface area contributed by atoms with Crippen LogP contribution in [-0.4, -0.2) is 25.8 Å². The van der Waals surface area contributed by atoms with E-state index in [1.165, 1.54) is 11.3 Å². The molecule has 3 aromatic rings. The summed E-state index contributed by atoms with van der Waals surface area (Å²) in [6.07, 6.45) is 1.72. The van der Waals surface area contributed by atoms with E-state index in [0.717, 1.165) is 16.1 Å². The van der Waals surface area contributed by atoms with E-state index < -0.39 is 5.91 Å². The number of nitrogens with zero attached hydrogens (tertiary/aromatic N) is 4. The Morgan fingerprint density at radius 2 is 2.38 bits per heavy atom. The van der Waals surface area contributed by atoms with Gasteiger partial charge in [-0.3, -0.25) is 9.48 Å². The van der Waals surface area contributed by atoms with Crippen molar-refractivity contribution in [3.63, 3.8) is 0 Å². The first kappa shape index (κ1) is 13.5. The molecule has 7 nitrogen and oxygen atoms in total. The van der Waals surface area contributed by atoms with Gasteiger partial charge in [0.15, 0.2) is 0 Å². The van der Waals surface area contributed by atoms with Gasteiger partial charge in [0.2, 0.25) is 5.82 Å². The standard InChI is InChI=1S/C13H13N5O2S/c1-8-9(7-15-18(8)2)6-14-12(19)13-16-11(17-20-13)10-4-3-5-21-10/h3-5,7H,6H2,1-2H3,(H,14,19). The third-order valence-electron chi connectivity index (χ3n) is 3.14. The van der Waals surface area contributed by atoms with Gasteiger partial charge in [-0.2, -0.15) is 10.1 Å². The van der Waals surface area contributed by atoms with Crippen LogP contribution in [0.15, 0.2) is 28.2 Å². The molecule has 0 spiro atoms. The number of aromatic nitrogens is 4. The highest BCUT2D eigenvalue weighted by Crippen LogP contribution is 2.21. The van der Waals surface area contributed by atoms with Gasteiger partial charge in [-0.1, -0.05) is 11.2 Å². The average Bonchev–Trinajstić information content (AvgIpc) is 3.19. The number of hydrogen-bond acceptors (Lipinski definition) is 6. The molecule has 0 radical (unpaired) electrons. The van der Waals surface area contributed by atoms with E-state index in [1.807, 2.05) is 31.5 Å². The number of nitrogens with one attached hydrogen (secondary N) is 1. The van der Waals surface area contributed by atoms with Crippen molar-refractivity contribution in [3.8, 4) is 10.7 Å². The number of thiophene rings is 1. The first-order chi connectivity index (χ1) is 10.1. The summed E-state index contributed by atoms with van der Waals surface area (Å²) in [5.41, 5.74) is 1.95. The minimum absolute atomic E-state index is 0.0417. The molecule has 0 saturated carbocycles. The van der Waals surface area contributed by atoms with E-state index in [0.29, 0.717) is 12.4 Å². The predicted octanol–water partition coefficient (Wildman–Crippen LogP) is 1.77. The zero-order valence-electron chi connectivity index (χ0n) is 11.5. The summed E-state index contributed by atoms with van der Waals surface area (Å²) in [6.45, 7) is 2.31. The Balaban J connectivity index is 1.67. The molecule has 1 amide bonds. The van der Waals surface area contributed by atoms with Gasteiger partial charge in [0.05, 0.1) is 11.1 Å². The van der Waals surface area contributed by atoms with Gasteiger partial charge in [-0.05, 0) is 18.4 Å². The highest BCUT2D eigenvalue weighted by atomic mass is 32.1. The fraction of sp³-hybridized carbons (Fsp3) is 0.231. The molecule has 3 rings (SSSR count). The minimum Gasteiger partial charge on any atom is -0.344 e. The Labute approximate surface area is 124 Å². The molecule has 0 aliphatic rings. The molecule has 3 aromatic heterocycles. The van der Waals surface area contributed by atoms with Crippen molar-refractivity contribution in [2.45, 2.75) is 13.5 Å². The van der Waals surface area contributed by atoms with Crippen LogP contribution < -0.4 is 5.32 Å². The third-order valence-corrected chi connectivity index (χ3v) is 4.00. The Morgan fingerprint density at radius 3 is 3.05 bits per heavy atom. The Kier molecular flexibility index (Phi) is 3.53. The van der Waals surface area contributed by atoms with Crippen LogP contribution in [0.5, 0.6) is 0 Å². The summed E-state index contributed by atoms with van der Waals surface area (Å²) in [6, 6.07) is 3.76. The van der Waals surface area contributed by atoms with E-state index in [-0.39, 0.29) is 5.89 Å². The molecule has 0 aliphatic carbocycles. The van der Waals surface area contributed by atoms with Crippen molar-refractivity contribution in [2.75, 3.05) is 0 Å². The largest absolute Gasteiger partial charge is 0.344 e. The van der Waals surface area contributed by atoms with Gasteiger partial charge < -0.3 is 9.84 Å². The van der Waals surface area contributed by atoms with Crippen molar-refractivity contribution in [3.05, 3.63) is 40.9 Å². The Bertz CT molecular complexity index is 759. The van der Waals surface area contributed by atoms with Gasteiger partial charge in [-0.15, -0.1) is 11.3 Å². The van der Waals surface area contributed by atoms with Gasteiger partial charge in [0.1, 0.15) is 0 Å². The quantitative estimate of drug-likeness (QED) is 0.794. The predicted molar refractivity (Wildman–Crippen MR) is 76.7 cm³/mol. The summed E-state index contributed by atoms with van der Waals surface area (Å²) in [5.74, 6) is -0.0128. The van der Waals surface area contributed by atoms with Gasteiger partial charge in [0, 0.05) is 24.8 Å². The molecule has 108 valence electrons. The molecular formula is C13H13N5O2S. The molecule has 0 unspecified atom stereocenters. The lowest BCUT2D eigenvalue weighted by molar-refractivity contribution is 0.0907. The Hall–Kier alpha value is -2.48. The molecule has 0 atom stereocenters. The lowest BCUT2D eigenvalue weighted by Crippen LogP contribution is -2.23. The fourth-order valence-corrected chi connectivity index (χ4v) is 2.44. The highest BCUT2D eigenvalue weighted by Gasteiger charge is 2.16. The van der Waals surface area contributed by atoms with Crippen LogP contribution in [0.2, 0.25) is 0 Å². The number of amides is 1. The van der Waals surface area contributed by atoms with Crippen LogP contribution >= 0.6 is 11.3 Å². The van der Waals surface area contributed by atoms with Crippen molar-refractivity contribution in [1.29, 1.82) is 0 Å². The van der Waals surface area contributed by atoms with Crippen molar-refractivity contribution < 1.29 is 9.32 Å². The monoisotopic (exact) mass is 303 g/mol. The van der Waals surface area contributed by atoms with Crippen LogP contribution in [0.1, 0.15) is 21.9 Å². The van der Waals surface area contributed by atoms with Crippen LogP contribution in [0.25, 0.3) is 10.7 Å². The maximum atomic E-state index is 12.0. The van der Waals surface area contributed by atoms with Gasteiger partial charge >= 0.3 is 11.8 Å². The van der Waals surface area contributed by atoms with Crippen molar-refractivity contribution in [1.82, 2.24) is 25.2 Å². The topological polar surface area (TPSA) is 85.8 Å². The van der Waals surface area contributed by atoms with E-state index >= 15 is 0 Å². The minimum atomic E-state index is -0.395. The Morgan fingerprint density at radius 1 is 1.52 bits per heavy atom. The molecule has 3 heterocycles. The average molecular weight is 303 g/mol. The van der Waals surface area contributed by atoms with Gasteiger partial charge in [0.25, 0.3) is 0 Å². The van der Waals surface area contributed by atoms with E-state index in [4.69, 9.17) is 4.52 Å². The number of hydrogen-bond donors (Lipinski definition) is 1. The third kappa shape index (κ3) is 2.70. The molecule has 21 heavy (non-hydrogen) atoms. The number of carbonyl (C=O) groups is 1. The van der Waals surface area contributed by atoms with E-state index in [9.17, 15) is 4.79 Å². The highest BCUT2D eigenvalue weighted by molar-refractivity contribution is 7.13. The molecule has 8 heteroatoms. The number of rotatable bonds is 4. The smallest absolute Gasteiger partial charge is 0.316 e.